The van der Waals surface area contributed by atoms with Crippen molar-refractivity contribution in [3.05, 3.63) is 64.8 Å². The zero-order valence-electron chi connectivity index (χ0n) is 24.4. The molecule has 9 heteroatoms. The summed E-state index contributed by atoms with van der Waals surface area (Å²) in [7, 11) is 3.01. The van der Waals surface area contributed by atoms with Crippen LogP contribution < -0.4 is 4.74 Å². The summed E-state index contributed by atoms with van der Waals surface area (Å²) in [6.07, 6.45) is 2.13. The van der Waals surface area contributed by atoms with Crippen LogP contribution in [-0.2, 0) is 20.8 Å². The van der Waals surface area contributed by atoms with Crippen LogP contribution in [0.2, 0.25) is 0 Å². The summed E-state index contributed by atoms with van der Waals surface area (Å²) in [5.74, 6) is 0.373. The number of amides is 1. The molecule has 214 valence electrons. The molecule has 9 nitrogen and oxygen atoms in total. The molecule has 40 heavy (non-hydrogen) atoms. The number of nitrogens with zero attached hydrogens (tertiary/aromatic N) is 3. The highest BCUT2D eigenvalue weighted by Gasteiger charge is 2.30. The topological polar surface area (TPSA) is 90.3 Å². The molecule has 0 N–H and O–H groups in total. The molecule has 2 aromatic carbocycles. The molecule has 3 aromatic rings. The van der Waals surface area contributed by atoms with Gasteiger partial charge in [-0.3, -0.25) is 14.3 Å². The van der Waals surface area contributed by atoms with Crippen molar-refractivity contribution in [3.8, 4) is 5.75 Å². The number of carbonyl (C=O) groups excluding carboxylic acids is 3. The molecule has 1 saturated heterocycles. The standard InChI is InChI=1S/C31H39N3O6/c1-20-17-27(38-6)25(24-13-16-34(28(20)24)30(37)40-31(3,4)5)18-33-15-8-14-32(21(2)35)19-26(33)22-9-11-23(12-10-22)29(36)39-7/h9-13,16-17,26H,8,14-15,18-19H2,1-7H3. The number of carbonyl (C=O) groups is 3. The minimum atomic E-state index is -0.623. The van der Waals surface area contributed by atoms with Gasteiger partial charge in [0.15, 0.2) is 0 Å². The average Bonchev–Trinajstić information content (AvgIpc) is 3.25. The second kappa shape index (κ2) is 11.7. The first-order valence-corrected chi connectivity index (χ1v) is 13.5. The minimum Gasteiger partial charge on any atom is -0.496 e. The van der Waals surface area contributed by atoms with Gasteiger partial charge in [0.25, 0.3) is 0 Å². The van der Waals surface area contributed by atoms with Gasteiger partial charge in [0.1, 0.15) is 11.4 Å². The first-order chi connectivity index (χ1) is 18.9. The van der Waals surface area contributed by atoms with Gasteiger partial charge in [0.05, 0.1) is 31.3 Å². The number of hydrogen-bond donors (Lipinski definition) is 0. The normalized spacial score (nSPS) is 16.5. The Labute approximate surface area is 235 Å². The van der Waals surface area contributed by atoms with E-state index < -0.39 is 17.7 Å². The maximum Gasteiger partial charge on any atom is 0.419 e. The first kappa shape index (κ1) is 29.1. The highest BCUT2D eigenvalue weighted by molar-refractivity contribution is 5.95. The summed E-state index contributed by atoms with van der Waals surface area (Å²) in [6, 6.07) is 11.1. The van der Waals surface area contributed by atoms with Crippen molar-refractivity contribution >= 4 is 28.9 Å². The van der Waals surface area contributed by atoms with Gasteiger partial charge in [0.2, 0.25) is 5.91 Å². The molecule has 1 aliphatic heterocycles. The van der Waals surface area contributed by atoms with Crippen molar-refractivity contribution < 1.29 is 28.6 Å². The van der Waals surface area contributed by atoms with Gasteiger partial charge in [-0.15, -0.1) is 0 Å². The van der Waals surface area contributed by atoms with E-state index >= 15 is 0 Å². The fraction of sp³-hybridized carbons (Fsp3) is 0.452. The number of ether oxygens (including phenoxy) is 3. The number of rotatable bonds is 5. The molecular weight excluding hydrogens is 510 g/mol. The van der Waals surface area contributed by atoms with Crippen LogP contribution in [-0.4, -0.2) is 71.8 Å². The Morgan fingerprint density at radius 3 is 2.33 bits per heavy atom. The number of esters is 1. The molecule has 1 amide bonds. The third kappa shape index (κ3) is 6.14. The Bertz CT molecular complexity index is 1400. The SMILES string of the molecule is COC(=O)c1ccc(C2CN(C(C)=O)CCCN2Cc2c(OC)cc(C)c3c2ccn3C(=O)OC(C)(C)C)cc1. The Kier molecular flexibility index (Phi) is 8.54. The number of fused-ring (bicyclic) bond motifs is 1. The van der Waals surface area contributed by atoms with Crippen LogP contribution in [0, 0.1) is 6.92 Å². The van der Waals surface area contributed by atoms with E-state index in [1.807, 2.05) is 56.9 Å². The third-order valence-corrected chi connectivity index (χ3v) is 7.27. The molecule has 1 aliphatic rings. The Balaban J connectivity index is 1.77. The number of benzene rings is 2. The fourth-order valence-electron chi connectivity index (χ4n) is 5.36. The van der Waals surface area contributed by atoms with E-state index in [9.17, 15) is 14.4 Å². The number of methoxy groups -OCH3 is 2. The molecule has 0 bridgehead atoms. The second-order valence-corrected chi connectivity index (χ2v) is 11.2. The lowest BCUT2D eigenvalue weighted by atomic mass is 10.00. The van der Waals surface area contributed by atoms with Crippen LogP contribution >= 0.6 is 0 Å². The van der Waals surface area contributed by atoms with E-state index in [4.69, 9.17) is 14.2 Å². The van der Waals surface area contributed by atoms with Gasteiger partial charge in [0, 0.05) is 50.2 Å². The van der Waals surface area contributed by atoms with Crippen LogP contribution in [0.5, 0.6) is 5.75 Å². The van der Waals surface area contributed by atoms with Crippen molar-refractivity contribution in [2.24, 2.45) is 0 Å². The lowest BCUT2D eigenvalue weighted by Gasteiger charge is -2.32. The van der Waals surface area contributed by atoms with Gasteiger partial charge in [-0.2, -0.15) is 0 Å². The van der Waals surface area contributed by atoms with Gasteiger partial charge < -0.3 is 19.1 Å². The molecular formula is C31H39N3O6. The van der Waals surface area contributed by atoms with Crippen LogP contribution in [0.25, 0.3) is 10.9 Å². The number of aryl methyl sites for hydroxylation is 1. The van der Waals surface area contributed by atoms with Gasteiger partial charge in [-0.1, -0.05) is 12.1 Å². The van der Waals surface area contributed by atoms with E-state index in [2.05, 4.69) is 4.90 Å². The van der Waals surface area contributed by atoms with Crippen LogP contribution in [0.1, 0.15) is 67.2 Å². The molecule has 0 radical (unpaired) electrons. The first-order valence-electron chi connectivity index (χ1n) is 13.5. The van der Waals surface area contributed by atoms with Crippen LogP contribution in [0.15, 0.2) is 42.6 Å². The summed E-state index contributed by atoms with van der Waals surface area (Å²) >= 11 is 0. The van der Waals surface area contributed by atoms with Crippen molar-refractivity contribution in [2.45, 2.75) is 59.2 Å². The Morgan fingerprint density at radius 2 is 1.73 bits per heavy atom. The Morgan fingerprint density at radius 1 is 1.02 bits per heavy atom. The van der Waals surface area contributed by atoms with Crippen molar-refractivity contribution in [1.29, 1.82) is 0 Å². The zero-order valence-corrected chi connectivity index (χ0v) is 24.4. The van der Waals surface area contributed by atoms with Gasteiger partial charge >= 0.3 is 12.1 Å². The summed E-state index contributed by atoms with van der Waals surface area (Å²) in [6.45, 7) is 11.6. The molecule has 0 aliphatic carbocycles. The summed E-state index contributed by atoms with van der Waals surface area (Å²) in [5.41, 5.74) is 3.49. The predicted molar refractivity (Wildman–Crippen MR) is 153 cm³/mol. The highest BCUT2D eigenvalue weighted by atomic mass is 16.6. The van der Waals surface area contributed by atoms with Crippen molar-refractivity contribution in [3.63, 3.8) is 0 Å². The molecule has 4 rings (SSSR count). The number of hydrogen-bond acceptors (Lipinski definition) is 7. The van der Waals surface area contributed by atoms with Gasteiger partial charge in [-0.25, -0.2) is 9.59 Å². The van der Waals surface area contributed by atoms with Crippen molar-refractivity contribution in [2.75, 3.05) is 33.9 Å². The van der Waals surface area contributed by atoms with Crippen molar-refractivity contribution in [1.82, 2.24) is 14.4 Å². The quantitative estimate of drug-likeness (QED) is 0.398. The average molecular weight is 550 g/mol. The highest BCUT2D eigenvalue weighted by Crippen LogP contribution is 2.36. The lowest BCUT2D eigenvalue weighted by Crippen LogP contribution is -2.36. The van der Waals surface area contributed by atoms with E-state index in [1.54, 1.807) is 36.9 Å². The van der Waals surface area contributed by atoms with Crippen LogP contribution in [0.4, 0.5) is 4.79 Å². The maximum atomic E-state index is 13.1. The monoisotopic (exact) mass is 549 g/mol. The minimum absolute atomic E-state index is 0.0303. The maximum absolute atomic E-state index is 13.1. The molecule has 0 spiro atoms. The molecule has 1 unspecified atom stereocenters. The fourth-order valence-corrected chi connectivity index (χ4v) is 5.36. The van der Waals surface area contributed by atoms with Gasteiger partial charge in [-0.05, 0) is 69.5 Å². The summed E-state index contributed by atoms with van der Waals surface area (Å²) in [5, 5.41) is 0.912. The third-order valence-electron chi connectivity index (χ3n) is 7.27. The molecule has 2 heterocycles. The predicted octanol–water partition coefficient (Wildman–Crippen LogP) is 5.32. The Hall–Kier alpha value is -3.85. The van der Waals surface area contributed by atoms with E-state index in [-0.39, 0.29) is 11.9 Å². The van der Waals surface area contributed by atoms with E-state index in [1.165, 1.54) is 7.11 Å². The smallest absolute Gasteiger partial charge is 0.419 e. The van der Waals surface area contributed by atoms with E-state index in [0.29, 0.717) is 25.2 Å². The number of aromatic nitrogens is 1. The zero-order chi connectivity index (χ0) is 29.2. The lowest BCUT2D eigenvalue weighted by molar-refractivity contribution is -0.129. The molecule has 1 aromatic heterocycles. The second-order valence-electron chi connectivity index (χ2n) is 11.2. The largest absolute Gasteiger partial charge is 0.496 e. The molecule has 0 saturated carbocycles. The summed E-state index contributed by atoms with van der Waals surface area (Å²) in [4.78, 5) is 41.7. The van der Waals surface area contributed by atoms with E-state index in [0.717, 1.165) is 46.3 Å². The van der Waals surface area contributed by atoms with Crippen LogP contribution in [0.3, 0.4) is 0 Å². The molecule has 1 atom stereocenters. The summed E-state index contributed by atoms with van der Waals surface area (Å²) < 4.78 is 17.9. The molecule has 1 fully saturated rings.